The molecule has 0 fully saturated rings. The van der Waals surface area contributed by atoms with Crippen molar-refractivity contribution in [3.63, 3.8) is 0 Å². The summed E-state index contributed by atoms with van der Waals surface area (Å²) in [5, 5.41) is 0. The lowest BCUT2D eigenvalue weighted by Crippen LogP contribution is -2.29. The summed E-state index contributed by atoms with van der Waals surface area (Å²) in [5.74, 6) is -1.61. The molecule has 0 aliphatic carbocycles. The van der Waals surface area contributed by atoms with E-state index in [1.807, 2.05) is 0 Å². The highest BCUT2D eigenvalue weighted by Gasteiger charge is 2.21. The van der Waals surface area contributed by atoms with Gasteiger partial charge in [0.15, 0.2) is 5.82 Å². The van der Waals surface area contributed by atoms with Gasteiger partial charge in [-0.05, 0) is 28.1 Å². The normalized spacial score (nSPS) is 11.5. The van der Waals surface area contributed by atoms with Crippen molar-refractivity contribution >= 4 is 37.5 Å². The number of carbonyl (C=O) groups excluding carboxylic acids is 1. The van der Waals surface area contributed by atoms with E-state index in [2.05, 4.69) is 20.7 Å². The molecule has 0 atom stereocenters. The van der Waals surface area contributed by atoms with Crippen molar-refractivity contribution in [2.45, 2.75) is 4.90 Å². The van der Waals surface area contributed by atoms with Crippen molar-refractivity contribution < 1.29 is 22.3 Å². The first-order valence-corrected chi connectivity index (χ1v) is 7.62. The van der Waals surface area contributed by atoms with Gasteiger partial charge in [-0.2, -0.15) is 0 Å². The number of primary amides is 1. The maximum absolute atomic E-state index is 13.7. The van der Waals surface area contributed by atoms with Gasteiger partial charge in [0.1, 0.15) is 11.5 Å². The Morgan fingerprint density at radius 2 is 2.10 bits per heavy atom. The molecule has 20 heavy (non-hydrogen) atoms. The third-order valence-electron chi connectivity index (χ3n) is 2.09. The molecule has 0 unspecified atom stereocenters. The van der Waals surface area contributed by atoms with Crippen LogP contribution in [0.1, 0.15) is 0 Å². The van der Waals surface area contributed by atoms with Gasteiger partial charge in [-0.25, -0.2) is 17.5 Å². The van der Waals surface area contributed by atoms with E-state index < -0.39 is 26.6 Å². The van der Waals surface area contributed by atoms with E-state index in [1.165, 1.54) is 6.07 Å². The molecule has 0 saturated heterocycles. The summed E-state index contributed by atoms with van der Waals surface area (Å²) in [6, 6.07) is 2.26. The van der Waals surface area contributed by atoms with Gasteiger partial charge in [-0.15, -0.1) is 0 Å². The van der Waals surface area contributed by atoms with Crippen LogP contribution in [0.15, 0.2) is 21.5 Å². The molecule has 1 amide bonds. The molecule has 1 rings (SSSR count). The van der Waals surface area contributed by atoms with Crippen molar-refractivity contribution in [2.24, 2.45) is 5.73 Å². The zero-order chi connectivity index (χ0) is 15.3. The molecule has 7 nitrogen and oxygen atoms in total. The average molecular weight is 370 g/mol. The van der Waals surface area contributed by atoms with Crippen molar-refractivity contribution in [1.29, 1.82) is 0 Å². The predicted octanol–water partition coefficient (Wildman–Crippen LogP) is -0.0494. The van der Waals surface area contributed by atoms with Crippen LogP contribution in [0.2, 0.25) is 0 Å². The minimum absolute atomic E-state index is 0.0529. The smallest absolute Gasteiger partial charge is 0.243 e. The Morgan fingerprint density at radius 1 is 1.45 bits per heavy atom. The van der Waals surface area contributed by atoms with Crippen molar-refractivity contribution in [2.75, 3.05) is 25.5 Å². The number of anilines is 1. The molecule has 1 aromatic rings. The number of ether oxygens (including phenoxy) is 1. The molecule has 0 bridgehead atoms. The van der Waals surface area contributed by atoms with Gasteiger partial charge in [0, 0.05) is 12.2 Å². The zero-order valence-electron chi connectivity index (χ0n) is 10.2. The third-order valence-corrected chi connectivity index (χ3v) is 4.13. The van der Waals surface area contributed by atoms with Crippen LogP contribution < -0.4 is 16.2 Å². The Bertz CT molecular complexity index is 609. The fourth-order valence-electron chi connectivity index (χ4n) is 1.28. The molecule has 0 spiro atoms. The Morgan fingerprint density at radius 3 is 2.70 bits per heavy atom. The number of nitrogens with two attached hydrogens (primary N) is 2. The first-order chi connectivity index (χ1) is 9.24. The monoisotopic (exact) mass is 369 g/mol. The number of carbonyl (C=O) groups is 1. The third kappa shape index (κ3) is 4.71. The molecule has 0 aliphatic rings. The van der Waals surface area contributed by atoms with Gasteiger partial charge in [0.05, 0.1) is 11.1 Å². The molecule has 10 heteroatoms. The Kier molecular flexibility index (Phi) is 5.87. The van der Waals surface area contributed by atoms with Crippen LogP contribution in [0.25, 0.3) is 0 Å². The number of hydrogen-bond acceptors (Lipinski definition) is 5. The largest absolute Gasteiger partial charge is 0.399 e. The van der Waals surface area contributed by atoms with E-state index in [4.69, 9.17) is 16.2 Å². The van der Waals surface area contributed by atoms with E-state index in [0.717, 1.165) is 6.07 Å². The number of rotatable bonds is 7. The number of nitrogen functional groups attached to an aromatic ring is 1. The fourth-order valence-corrected chi connectivity index (χ4v) is 3.03. The SMILES string of the molecule is NC(=O)COCCNS(=O)(=O)c1cc(N)cc(Br)c1F. The van der Waals surface area contributed by atoms with Gasteiger partial charge in [-0.3, -0.25) is 4.79 Å². The van der Waals surface area contributed by atoms with Crippen molar-refractivity contribution in [3.8, 4) is 0 Å². The molecule has 0 aliphatic heterocycles. The van der Waals surface area contributed by atoms with Crippen molar-refractivity contribution in [3.05, 3.63) is 22.4 Å². The van der Waals surface area contributed by atoms with E-state index in [9.17, 15) is 17.6 Å². The van der Waals surface area contributed by atoms with Crippen LogP contribution >= 0.6 is 15.9 Å². The van der Waals surface area contributed by atoms with Crippen LogP contribution in [0.3, 0.4) is 0 Å². The number of halogens is 2. The average Bonchev–Trinajstić information content (AvgIpc) is 2.32. The van der Waals surface area contributed by atoms with E-state index >= 15 is 0 Å². The topological polar surface area (TPSA) is 125 Å². The standard InChI is InChI=1S/C10H13BrFN3O4S/c11-7-3-6(13)4-8(10(7)12)20(17,18)15-1-2-19-5-9(14)16/h3-4,15H,1-2,5,13H2,(H2,14,16). The summed E-state index contributed by atoms with van der Waals surface area (Å²) in [4.78, 5) is 9.82. The number of benzene rings is 1. The maximum Gasteiger partial charge on any atom is 0.243 e. The highest BCUT2D eigenvalue weighted by Crippen LogP contribution is 2.25. The molecule has 0 saturated carbocycles. The predicted molar refractivity (Wildman–Crippen MR) is 73.7 cm³/mol. The van der Waals surface area contributed by atoms with Crippen molar-refractivity contribution in [1.82, 2.24) is 4.72 Å². The Labute approximate surface area is 123 Å². The van der Waals surface area contributed by atoms with E-state index in [0.29, 0.717) is 0 Å². The number of hydrogen-bond donors (Lipinski definition) is 3. The summed E-state index contributed by atoms with van der Waals surface area (Å²) < 4.78 is 44.3. The molecule has 0 heterocycles. The summed E-state index contributed by atoms with van der Waals surface area (Å²) in [5.41, 5.74) is 10.4. The van der Waals surface area contributed by atoms with Crippen LogP contribution in [0.5, 0.6) is 0 Å². The lowest BCUT2D eigenvalue weighted by atomic mass is 10.3. The Hall–Kier alpha value is -1.23. The summed E-state index contributed by atoms with van der Waals surface area (Å²) >= 11 is 2.88. The molecule has 0 aromatic heterocycles. The fraction of sp³-hybridized carbons (Fsp3) is 0.300. The highest BCUT2D eigenvalue weighted by atomic mass is 79.9. The van der Waals surface area contributed by atoms with Crippen LogP contribution in [0.4, 0.5) is 10.1 Å². The molecule has 5 N–H and O–H groups in total. The lowest BCUT2D eigenvalue weighted by molar-refractivity contribution is -0.122. The quantitative estimate of drug-likeness (QED) is 0.459. The number of nitrogens with one attached hydrogen (secondary N) is 1. The molecule has 1 aromatic carbocycles. The first kappa shape index (κ1) is 16.8. The summed E-state index contributed by atoms with van der Waals surface area (Å²) in [6.45, 7) is -0.533. The second-order valence-electron chi connectivity index (χ2n) is 3.73. The van der Waals surface area contributed by atoms with Crippen LogP contribution in [-0.4, -0.2) is 34.1 Å². The number of sulfonamides is 1. The van der Waals surface area contributed by atoms with Gasteiger partial charge in [0.25, 0.3) is 0 Å². The van der Waals surface area contributed by atoms with Crippen LogP contribution in [-0.2, 0) is 19.6 Å². The highest BCUT2D eigenvalue weighted by molar-refractivity contribution is 9.10. The number of amides is 1. The van der Waals surface area contributed by atoms with Gasteiger partial charge < -0.3 is 16.2 Å². The zero-order valence-corrected chi connectivity index (χ0v) is 12.6. The second kappa shape index (κ2) is 6.97. The molecule has 0 radical (unpaired) electrons. The summed E-state index contributed by atoms with van der Waals surface area (Å²) in [6.07, 6.45) is 0. The molecular weight excluding hydrogens is 357 g/mol. The minimum atomic E-state index is -4.07. The lowest BCUT2D eigenvalue weighted by Gasteiger charge is -2.09. The van der Waals surface area contributed by atoms with Gasteiger partial charge in [-0.1, -0.05) is 0 Å². The Balaban J connectivity index is 2.72. The summed E-state index contributed by atoms with van der Waals surface area (Å²) in [7, 11) is -4.07. The molecule has 112 valence electrons. The van der Waals surface area contributed by atoms with Gasteiger partial charge in [0.2, 0.25) is 15.9 Å². The first-order valence-electron chi connectivity index (χ1n) is 5.34. The molecular formula is C10H13BrFN3O4S. The van der Waals surface area contributed by atoms with E-state index in [1.54, 1.807) is 0 Å². The minimum Gasteiger partial charge on any atom is -0.399 e. The van der Waals surface area contributed by atoms with Gasteiger partial charge >= 0.3 is 0 Å². The van der Waals surface area contributed by atoms with E-state index in [-0.39, 0.29) is 29.9 Å². The maximum atomic E-state index is 13.7. The van der Waals surface area contributed by atoms with Crippen LogP contribution in [0, 0.1) is 5.82 Å². The second-order valence-corrected chi connectivity index (χ2v) is 6.32.